The fraction of sp³-hybridized carbons (Fsp3) is 0.250. The molecule has 0 radical (unpaired) electrons. The van der Waals surface area contributed by atoms with Crippen molar-refractivity contribution < 1.29 is 22.3 Å². The number of rotatable bonds is 9. The van der Waals surface area contributed by atoms with Crippen LogP contribution in [0.15, 0.2) is 54.0 Å². The standard InChI is InChI=1S/C20H19F4NO/c1-2-3-4-5-6-14-7-9-15(10-8-14)13-25-16-11-17(21)19(18(22)12-16)26-20(23)24/h2,7-13,20H,1,3-6H2. The van der Waals surface area contributed by atoms with Crippen LogP contribution in [0, 0.1) is 11.6 Å². The van der Waals surface area contributed by atoms with Crippen molar-refractivity contribution in [2.45, 2.75) is 32.3 Å². The van der Waals surface area contributed by atoms with Gasteiger partial charge in [-0.15, -0.1) is 6.58 Å². The first kappa shape index (κ1) is 19.7. The van der Waals surface area contributed by atoms with Crippen LogP contribution in [-0.4, -0.2) is 12.8 Å². The van der Waals surface area contributed by atoms with Gasteiger partial charge in [0.15, 0.2) is 17.4 Å². The third-order valence-corrected chi connectivity index (χ3v) is 3.66. The Labute approximate surface area is 149 Å². The predicted molar refractivity (Wildman–Crippen MR) is 94.4 cm³/mol. The maximum absolute atomic E-state index is 13.6. The van der Waals surface area contributed by atoms with Gasteiger partial charge in [-0.25, -0.2) is 8.78 Å². The van der Waals surface area contributed by atoms with Crippen LogP contribution in [0.3, 0.4) is 0 Å². The monoisotopic (exact) mass is 365 g/mol. The highest BCUT2D eigenvalue weighted by Crippen LogP contribution is 2.28. The molecule has 0 amide bonds. The normalized spacial score (nSPS) is 11.3. The highest BCUT2D eigenvalue weighted by molar-refractivity contribution is 5.82. The molecule has 2 nitrogen and oxygen atoms in total. The summed E-state index contributed by atoms with van der Waals surface area (Å²) in [5, 5.41) is 0. The molecule has 0 fully saturated rings. The van der Waals surface area contributed by atoms with Gasteiger partial charge in [0, 0.05) is 18.3 Å². The maximum atomic E-state index is 13.6. The first-order valence-electron chi connectivity index (χ1n) is 8.17. The number of allylic oxidation sites excluding steroid dienone is 1. The minimum Gasteiger partial charge on any atom is -0.429 e. The Morgan fingerprint density at radius 3 is 2.27 bits per heavy atom. The molecule has 0 unspecified atom stereocenters. The number of halogens is 4. The first-order valence-corrected chi connectivity index (χ1v) is 8.17. The second-order valence-corrected chi connectivity index (χ2v) is 5.65. The summed E-state index contributed by atoms with van der Waals surface area (Å²) in [5.74, 6) is -3.57. The molecule has 2 rings (SSSR count). The maximum Gasteiger partial charge on any atom is 0.387 e. The Balaban J connectivity index is 2.01. The average molecular weight is 365 g/mol. The number of aryl methyl sites for hydroxylation is 1. The lowest BCUT2D eigenvalue weighted by molar-refractivity contribution is -0.0546. The molecule has 0 aliphatic carbocycles. The summed E-state index contributed by atoms with van der Waals surface area (Å²) in [6.45, 7) is 0.386. The molecule has 2 aromatic rings. The molecule has 0 saturated heterocycles. The van der Waals surface area contributed by atoms with Crippen LogP contribution >= 0.6 is 0 Å². The largest absolute Gasteiger partial charge is 0.429 e. The summed E-state index contributed by atoms with van der Waals surface area (Å²) in [4.78, 5) is 3.98. The highest BCUT2D eigenvalue weighted by Gasteiger charge is 2.16. The van der Waals surface area contributed by atoms with Gasteiger partial charge >= 0.3 is 6.61 Å². The van der Waals surface area contributed by atoms with E-state index in [9.17, 15) is 17.6 Å². The van der Waals surface area contributed by atoms with Crippen LogP contribution in [0.1, 0.15) is 30.4 Å². The van der Waals surface area contributed by atoms with E-state index in [1.165, 1.54) is 11.8 Å². The zero-order valence-corrected chi connectivity index (χ0v) is 14.1. The Morgan fingerprint density at radius 1 is 1.04 bits per heavy atom. The van der Waals surface area contributed by atoms with Crippen LogP contribution in [0.4, 0.5) is 23.2 Å². The molecule has 0 aliphatic heterocycles. The van der Waals surface area contributed by atoms with E-state index in [0.717, 1.165) is 43.4 Å². The molecule has 0 saturated carbocycles. The number of ether oxygens (including phenoxy) is 1. The molecular formula is C20H19F4NO. The van der Waals surface area contributed by atoms with Gasteiger partial charge in [-0.3, -0.25) is 4.99 Å². The summed E-state index contributed by atoms with van der Waals surface area (Å²) in [5.41, 5.74) is 1.92. The molecule has 0 bridgehead atoms. The Kier molecular flexibility index (Phi) is 7.38. The first-order chi connectivity index (χ1) is 12.5. The second-order valence-electron chi connectivity index (χ2n) is 5.65. The quantitative estimate of drug-likeness (QED) is 0.224. The van der Waals surface area contributed by atoms with Gasteiger partial charge < -0.3 is 4.74 Å². The third kappa shape index (κ3) is 6.02. The molecule has 2 aromatic carbocycles. The van der Waals surface area contributed by atoms with Crippen molar-refractivity contribution in [3.8, 4) is 5.75 Å². The molecule has 138 valence electrons. The number of nitrogens with zero attached hydrogens (tertiary/aromatic N) is 1. The topological polar surface area (TPSA) is 21.6 Å². The predicted octanol–water partition coefficient (Wildman–Crippen LogP) is 6.22. The lowest BCUT2D eigenvalue weighted by Gasteiger charge is -2.07. The van der Waals surface area contributed by atoms with E-state index < -0.39 is 24.0 Å². The number of hydrogen-bond donors (Lipinski definition) is 0. The van der Waals surface area contributed by atoms with Crippen molar-refractivity contribution in [3.63, 3.8) is 0 Å². The molecule has 0 N–H and O–H groups in total. The smallest absolute Gasteiger partial charge is 0.387 e. The molecular weight excluding hydrogens is 346 g/mol. The van der Waals surface area contributed by atoms with Gasteiger partial charge in [-0.2, -0.15) is 8.78 Å². The fourth-order valence-electron chi connectivity index (χ4n) is 2.36. The van der Waals surface area contributed by atoms with E-state index in [2.05, 4.69) is 16.3 Å². The van der Waals surface area contributed by atoms with E-state index in [1.807, 2.05) is 30.3 Å². The van der Waals surface area contributed by atoms with Gasteiger partial charge in [-0.1, -0.05) is 30.3 Å². The zero-order chi connectivity index (χ0) is 18.9. The van der Waals surface area contributed by atoms with Crippen molar-refractivity contribution in [3.05, 3.63) is 71.8 Å². The van der Waals surface area contributed by atoms with E-state index in [4.69, 9.17) is 0 Å². The van der Waals surface area contributed by atoms with Gasteiger partial charge in [0.1, 0.15) is 0 Å². The van der Waals surface area contributed by atoms with E-state index in [1.54, 1.807) is 0 Å². The lowest BCUT2D eigenvalue weighted by atomic mass is 10.1. The number of aliphatic imine (C=N–C) groups is 1. The number of alkyl halides is 2. The number of benzene rings is 2. The molecule has 0 aromatic heterocycles. The van der Waals surface area contributed by atoms with E-state index >= 15 is 0 Å². The minimum absolute atomic E-state index is 0.0323. The number of unbranched alkanes of at least 4 members (excludes halogenated alkanes) is 2. The van der Waals surface area contributed by atoms with Crippen molar-refractivity contribution >= 4 is 11.9 Å². The molecule has 0 aliphatic rings. The Morgan fingerprint density at radius 2 is 1.69 bits per heavy atom. The zero-order valence-electron chi connectivity index (χ0n) is 14.1. The minimum atomic E-state index is -3.30. The van der Waals surface area contributed by atoms with Gasteiger partial charge in [-0.05, 0) is 36.8 Å². The summed E-state index contributed by atoms with van der Waals surface area (Å²) >= 11 is 0. The van der Waals surface area contributed by atoms with Crippen molar-refractivity contribution in [1.29, 1.82) is 0 Å². The van der Waals surface area contributed by atoms with Crippen molar-refractivity contribution in [2.24, 2.45) is 4.99 Å². The van der Waals surface area contributed by atoms with Gasteiger partial charge in [0.05, 0.1) is 5.69 Å². The van der Waals surface area contributed by atoms with Crippen LogP contribution in [-0.2, 0) is 6.42 Å². The second kappa shape index (κ2) is 9.75. The molecule has 0 heterocycles. The number of hydrogen-bond acceptors (Lipinski definition) is 2. The summed E-state index contributed by atoms with van der Waals surface area (Å²) in [7, 11) is 0. The van der Waals surface area contributed by atoms with Crippen LogP contribution in [0.2, 0.25) is 0 Å². The van der Waals surface area contributed by atoms with Crippen LogP contribution < -0.4 is 4.74 Å². The summed E-state index contributed by atoms with van der Waals surface area (Å²) in [6, 6.07) is 9.32. The molecule has 0 atom stereocenters. The van der Waals surface area contributed by atoms with Crippen molar-refractivity contribution in [2.75, 3.05) is 0 Å². The fourth-order valence-corrected chi connectivity index (χ4v) is 2.36. The van der Waals surface area contributed by atoms with Crippen molar-refractivity contribution in [1.82, 2.24) is 0 Å². The highest BCUT2D eigenvalue weighted by atomic mass is 19.3. The summed E-state index contributed by atoms with van der Waals surface area (Å²) < 4.78 is 55.3. The molecule has 26 heavy (non-hydrogen) atoms. The summed E-state index contributed by atoms with van der Waals surface area (Å²) in [6.07, 6.45) is 7.48. The third-order valence-electron chi connectivity index (χ3n) is 3.66. The van der Waals surface area contributed by atoms with E-state index in [-0.39, 0.29) is 5.69 Å². The van der Waals surface area contributed by atoms with Crippen LogP contribution in [0.5, 0.6) is 5.75 Å². The Bertz CT molecular complexity index is 734. The lowest BCUT2D eigenvalue weighted by Crippen LogP contribution is -2.05. The Hall–Kier alpha value is -2.63. The molecule has 0 spiro atoms. The van der Waals surface area contributed by atoms with E-state index in [0.29, 0.717) is 0 Å². The van der Waals surface area contributed by atoms with Gasteiger partial charge in [0.2, 0.25) is 0 Å². The SMILES string of the molecule is C=CCCCCc1ccc(C=Nc2cc(F)c(OC(F)F)c(F)c2)cc1. The van der Waals surface area contributed by atoms with Gasteiger partial charge in [0.25, 0.3) is 0 Å². The average Bonchev–Trinajstić information content (AvgIpc) is 2.61. The molecule has 6 heteroatoms. The van der Waals surface area contributed by atoms with Crippen LogP contribution in [0.25, 0.3) is 0 Å².